The first kappa shape index (κ1) is 13.0. The summed E-state index contributed by atoms with van der Waals surface area (Å²) in [6.07, 6.45) is 10.1. The third-order valence-corrected chi connectivity index (χ3v) is 2.98. The predicted molar refractivity (Wildman–Crippen MR) is 60.9 cm³/mol. The lowest BCUT2D eigenvalue weighted by Gasteiger charge is -2.27. The Balaban J connectivity index is 3.57. The molecule has 0 radical (unpaired) electrons. The Hall–Kier alpha value is -0.0400. The number of hydrogen-bond donors (Lipinski definition) is 1. The summed E-state index contributed by atoms with van der Waals surface area (Å²) in [5, 5.41) is 0. The molecule has 0 spiro atoms. The second kappa shape index (κ2) is 7.37. The molecule has 2 N–H and O–H groups in total. The van der Waals surface area contributed by atoms with Crippen molar-refractivity contribution in [2.75, 3.05) is 0 Å². The fourth-order valence-corrected chi connectivity index (χ4v) is 1.88. The van der Waals surface area contributed by atoms with Gasteiger partial charge >= 0.3 is 0 Å². The van der Waals surface area contributed by atoms with Gasteiger partial charge in [0.1, 0.15) is 0 Å². The van der Waals surface area contributed by atoms with Crippen molar-refractivity contribution in [2.24, 2.45) is 5.73 Å². The number of unbranched alkanes of at least 4 members (excludes halogenated alkanes) is 3. The van der Waals surface area contributed by atoms with Crippen LogP contribution in [0.15, 0.2) is 0 Å². The van der Waals surface area contributed by atoms with Crippen LogP contribution in [0, 0.1) is 0 Å². The van der Waals surface area contributed by atoms with Gasteiger partial charge in [-0.2, -0.15) is 0 Å². The van der Waals surface area contributed by atoms with E-state index in [0.717, 1.165) is 6.42 Å². The second-order valence-electron chi connectivity index (χ2n) is 4.28. The van der Waals surface area contributed by atoms with Gasteiger partial charge in [-0.05, 0) is 19.3 Å². The van der Waals surface area contributed by atoms with Gasteiger partial charge in [0.05, 0.1) is 0 Å². The van der Waals surface area contributed by atoms with E-state index in [1.54, 1.807) is 0 Å². The van der Waals surface area contributed by atoms with Crippen molar-refractivity contribution in [1.82, 2.24) is 0 Å². The molecular weight excluding hydrogens is 158 g/mol. The predicted octanol–water partition coefficient (Wildman–Crippen LogP) is 3.86. The fourth-order valence-electron chi connectivity index (χ4n) is 1.88. The van der Waals surface area contributed by atoms with Gasteiger partial charge in [0.2, 0.25) is 0 Å². The van der Waals surface area contributed by atoms with Crippen molar-refractivity contribution in [3.05, 3.63) is 0 Å². The maximum atomic E-state index is 6.29. The molecule has 0 aliphatic rings. The number of rotatable bonds is 8. The van der Waals surface area contributed by atoms with Crippen LogP contribution in [0.5, 0.6) is 0 Å². The maximum Gasteiger partial charge on any atom is 0.0151 e. The average Bonchev–Trinajstić information content (AvgIpc) is 2.13. The summed E-state index contributed by atoms with van der Waals surface area (Å²) in [4.78, 5) is 0. The minimum atomic E-state index is 0.141. The van der Waals surface area contributed by atoms with Crippen molar-refractivity contribution < 1.29 is 0 Å². The molecule has 0 amide bonds. The van der Waals surface area contributed by atoms with Gasteiger partial charge in [-0.15, -0.1) is 0 Å². The first-order valence-corrected chi connectivity index (χ1v) is 5.97. The van der Waals surface area contributed by atoms with Crippen LogP contribution in [0.25, 0.3) is 0 Å². The van der Waals surface area contributed by atoms with Crippen molar-refractivity contribution in [1.29, 1.82) is 0 Å². The summed E-state index contributed by atoms with van der Waals surface area (Å²) in [7, 11) is 0. The first-order chi connectivity index (χ1) is 6.18. The monoisotopic (exact) mass is 185 g/mol. The van der Waals surface area contributed by atoms with Crippen molar-refractivity contribution in [3.8, 4) is 0 Å². The molecule has 0 heterocycles. The van der Waals surface area contributed by atoms with E-state index < -0.39 is 0 Å². The molecule has 80 valence electrons. The molecule has 1 nitrogen and oxygen atoms in total. The van der Waals surface area contributed by atoms with Crippen LogP contribution in [-0.4, -0.2) is 5.54 Å². The third-order valence-electron chi connectivity index (χ3n) is 2.98. The number of hydrogen-bond acceptors (Lipinski definition) is 1. The highest BCUT2D eigenvalue weighted by Gasteiger charge is 2.20. The van der Waals surface area contributed by atoms with E-state index in [0.29, 0.717) is 0 Å². The zero-order valence-electron chi connectivity index (χ0n) is 9.73. The Morgan fingerprint density at radius 1 is 0.846 bits per heavy atom. The zero-order valence-corrected chi connectivity index (χ0v) is 9.73. The van der Waals surface area contributed by atoms with Crippen LogP contribution in [0.3, 0.4) is 0 Å². The van der Waals surface area contributed by atoms with Crippen LogP contribution >= 0.6 is 0 Å². The van der Waals surface area contributed by atoms with E-state index in [-0.39, 0.29) is 5.54 Å². The van der Waals surface area contributed by atoms with Crippen LogP contribution in [0.1, 0.15) is 72.1 Å². The molecule has 0 aliphatic heterocycles. The van der Waals surface area contributed by atoms with Gasteiger partial charge in [0.25, 0.3) is 0 Å². The summed E-state index contributed by atoms with van der Waals surface area (Å²) < 4.78 is 0. The molecule has 0 rings (SSSR count). The highest BCUT2D eigenvalue weighted by Crippen LogP contribution is 2.21. The van der Waals surface area contributed by atoms with E-state index in [1.165, 1.54) is 44.9 Å². The molecule has 1 atom stereocenters. The topological polar surface area (TPSA) is 26.0 Å². The van der Waals surface area contributed by atoms with Gasteiger partial charge in [-0.25, -0.2) is 0 Å². The van der Waals surface area contributed by atoms with E-state index in [9.17, 15) is 0 Å². The van der Waals surface area contributed by atoms with Crippen molar-refractivity contribution in [2.45, 2.75) is 77.7 Å². The second-order valence-corrected chi connectivity index (χ2v) is 4.28. The summed E-state index contributed by atoms with van der Waals surface area (Å²) in [5.74, 6) is 0. The number of nitrogens with two attached hydrogens (primary N) is 1. The summed E-state index contributed by atoms with van der Waals surface area (Å²) in [5.41, 5.74) is 6.43. The van der Waals surface area contributed by atoms with Gasteiger partial charge in [-0.3, -0.25) is 0 Å². The molecule has 0 bridgehead atoms. The van der Waals surface area contributed by atoms with Crippen LogP contribution < -0.4 is 5.73 Å². The highest BCUT2D eigenvalue weighted by atomic mass is 14.7. The molecule has 0 saturated carbocycles. The Bertz CT molecular complexity index is 112. The van der Waals surface area contributed by atoms with Crippen LogP contribution in [-0.2, 0) is 0 Å². The minimum Gasteiger partial charge on any atom is -0.325 e. The Kier molecular flexibility index (Phi) is 7.35. The molecule has 1 heteroatoms. The van der Waals surface area contributed by atoms with E-state index in [4.69, 9.17) is 5.73 Å². The lowest BCUT2D eigenvalue weighted by Crippen LogP contribution is -2.38. The Morgan fingerprint density at radius 3 is 2.00 bits per heavy atom. The fraction of sp³-hybridized carbons (Fsp3) is 1.00. The lowest BCUT2D eigenvalue weighted by atomic mass is 9.86. The molecule has 0 aliphatic carbocycles. The molecule has 13 heavy (non-hydrogen) atoms. The largest absolute Gasteiger partial charge is 0.325 e. The molecule has 0 aromatic rings. The van der Waals surface area contributed by atoms with Gasteiger partial charge in [0, 0.05) is 5.54 Å². The Morgan fingerprint density at radius 2 is 1.54 bits per heavy atom. The van der Waals surface area contributed by atoms with Gasteiger partial charge in [-0.1, -0.05) is 52.9 Å². The summed E-state index contributed by atoms with van der Waals surface area (Å²) >= 11 is 0. The highest BCUT2D eigenvalue weighted by molar-refractivity contribution is 4.81. The SMILES string of the molecule is CCCCCCC(N)(CC)CCC. The Labute approximate surface area is 84.1 Å². The van der Waals surface area contributed by atoms with Crippen molar-refractivity contribution >= 4 is 0 Å². The zero-order chi connectivity index (χ0) is 10.2. The quantitative estimate of drug-likeness (QED) is 0.571. The van der Waals surface area contributed by atoms with Crippen LogP contribution in [0.4, 0.5) is 0 Å². The normalized spacial score (nSPS) is 15.7. The maximum absolute atomic E-state index is 6.29. The molecule has 1 unspecified atom stereocenters. The molecule has 0 fully saturated rings. The van der Waals surface area contributed by atoms with Gasteiger partial charge in [0.15, 0.2) is 0 Å². The molecule has 0 aromatic heterocycles. The van der Waals surface area contributed by atoms with Crippen molar-refractivity contribution in [3.63, 3.8) is 0 Å². The minimum absolute atomic E-state index is 0.141. The van der Waals surface area contributed by atoms with Crippen LogP contribution in [0.2, 0.25) is 0 Å². The molecule has 0 saturated heterocycles. The summed E-state index contributed by atoms with van der Waals surface area (Å²) in [6, 6.07) is 0. The van der Waals surface area contributed by atoms with E-state index in [2.05, 4.69) is 20.8 Å². The molecular formula is C12H27N. The third kappa shape index (κ3) is 6.09. The lowest BCUT2D eigenvalue weighted by molar-refractivity contribution is 0.335. The van der Waals surface area contributed by atoms with E-state index >= 15 is 0 Å². The standard InChI is InChI=1S/C12H27N/c1-4-7-8-9-11-12(13,6-3)10-5-2/h4-11,13H2,1-3H3. The van der Waals surface area contributed by atoms with E-state index in [1.807, 2.05) is 0 Å². The molecule has 0 aromatic carbocycles. The smallest absolute Gasteiger partial charge is 0.0151 e. The van der Waals surface area contributed by atoms with Gasteiger partial charge < -0.3 is 5.73 Å². The average molecular weight is 185 g/mol. The first-order valence-electron chi connectivity index (χ1n) is 5.97. The summed E-state index contributed by atoms with van der Waals surface area (Å²) in [6.45, 7) is 6.69.